The van der Waals surface area contributed by atoms with Crippen LogP contribution in [0.4, 0.5) is 18.0 Å². The minimum atomic E-state index is -4.51. The van der Waals surface area contributed by atoms with Crippen molar-refractivity contribution < 1.29 is 27.9 Å². The molecular weight excluding hydrogens is 265 g/mol. The van der Waals surface area contributed by atoms with Gasteiger partial charge in [0.15, 0.2) is 0 Å². The number of urea groups is 1. The third-order valence-corrected chi connectivity index (χ3v) is 2.80. The maximum atomic E-state index is 12.2. The van der Waals surface area contributed by atoms with E-state index in [2.05, 4.69) is 5.32 Å². The van der Waals surface area contributed by atoms with E-state index < -0.39 is 30.8 Å². The molecule has 2 amide bonds. The highest BCUT2D eigenvalue weighted by Crippen LogP contribution is 2.17. The molecule has 8 heteroatoms. The van der Waals surface area contributed by atoms with E-state index in [1.807, 2.05) is 0 Å². The average molecular weight is 284 g/mol. The third kappa shape index (κ3) is 6.30. The molecule has 1 unspecified atom stereocenters. The van der Waals surface area contributed by atoms with E-state index in [0.717, 1.165) is 0 Å². The molecule has 0 aromatic rings. The fourth-order valence-electron chi connectivity index (χ4n) is 1.45. The number of amides is 2. The van der Waals surface area contributed by atoms with Crippen molar-refractivity contribution >= 4 is 12.0 Å². The van der Waals surface area contributed by atoms with E-state index in [4.69, 9.17) is 5.11 Å². The van der Waals surface area contributed by atoms with Gasteiger partial charge in [-0.1, -0.05) is 20.3 Å². The number of alkyl halides is 3. The van der Waals surface area contributed by atoms with E-state index in [1.165, 1.54) is 6.92 Å². The molecule has 2 atom stereocenters. The van der Waals surface area contributed by atoms with Crippen LogP contribution in [0.5, 0.6) is 0 Å². The first-order valence-corrected chi connectivity index (χ1v) is 5.97. The number of carboxylic acid groups (broad SMARTS) is 1. The third-order valence-electron chi connectivity index (χ3n) is 2.80. The van der Waals surface area contributed by atoms with Gasteiger partial charge in [-0.3, -0.25) is 0 Å². The van der Waals surface area contributed by atoms with Crippen LogP contribution < -0.4 is 5.32 Å². The van der Waals surface area contributed by atoms with Gasteiger partial charge in [-0.05, 0) is 12.8 Å². The van der Waals surface area contributed by atoms with Crippen LogP contribution in [0.15, 0.2) is 0 Å². The van der Waals surface area contributed by atoms with Crippen LogP contribution >= 0.6 is 0 Å². The van der Waals surface area contributed by atoms with Gasteiger partial charge in [-0.25, -0.2) is 9.59 Å². The Morgan fingerprint density at radius 1 is 1.32 bits per heavy atom. The second-order valence-electron chi connectivity index (χ2n) is 4.28. The lowest BCUT2D eigenvalue weighted by Gasteiger charge is -2.26. The number of rotatable bonds is 6. The first-order valence-electron chi connectivity index (χ1n) is 5.97. The number of nitrogens with zero attached hydrogens (tertiary/aromatic N) is 1. The molecule has 0 aromatic heterocycles. The summed E-state index contributed by atoms with van der Waals surface area (Å²) in [6.45, 7) is 3.18. The normalized spacial score (nSPS) is 14.6. The van der Waals surface area contributed by atoms with Crippen LogP contribution in [0, 0.1) is 5.92 Å². The lowest BCUT2D eigenvalue weighted by atomic mass is 9.99. The number of hydrogen-bond donors (Lipinski definition) is 2. The van der Waals surface area contributed by atoms with Gasteiger partial charge in [0.1, 0.15) is 12.6 Å². The van der Waals surface area contributed by atoms with Crippen molar-refractivity contribution in [3.05, 3.63) is 0 Å². The molecule has 0 saturated heterocycles. The molecule has 0 heterocycles. The predicted molar refractivity (Wildman–Crippen MR) is 62.7 cm³/mol. The van der Waals surface area contributed by atoms with E-state index in [0.29, 0.717) is 11.3 Å². The zero-order valence-corrected chi connectivity index (χ0v) is 11.1. The van der Waals surface area contributed by atoms with Crippen LogP contribution in [0.1, 0.15) is 27.2 Å². The summed E-state index contributed by atoms with van der Waals surface area (Å²) in [6.07, 6.45) is -4.02. The highest BCUT2D eigenvalue weighted by Gasteiger charge is 2.34. The number of halogens is 3. The average Bonchev–Trinajstić information content (AvgIpc) is 2.30. The molecule has 0 bridgehead atoms. The Morgan fingerprint density at radius 2 is 1.84 bits per heavy atom. The summed E-state index contributed by atoms with van der Waals surface area (Å²) in [5, 5.41) is 11.1. The lowest BCUT2D eigenvalue weighted by Crippen LogP contribution is -2.52. The molecule has 0 aliphatic rings. The van der Waals surface area contributed by atoms with Gasteiger partial charge < -0.3 is 15.3 Å². The molecular formula is C11H19F3N2O3. The van der Waals surface area contributed by atoms with Crippen molar-refractivity contribution in [3.63, 3.8) is 0 Å². The Balaban J connectivity index is 4.74. The Labute approximate surface area is 109 Å². The molecule has 5 nitrogen and oxygen atoms in total. The second-order valence-corrected chi connectivity index (χ2v) is 4.28. The number of aliphatic carboxylic acids is 1. The summed E-state index contributed by atoms with van der Waals surface area (Å²) in [6, 6.07) is -2.22. The smallest absolute Gasteiger partial charge is 0.406 e. The summed E-state index contributed by atoms with van der Waals surface area (Å²) in [5.41, 5.74) is 0. The van der Waals surface area contributed by atoms with Gasteiger partial charge in [0.25, 0.3) is 0 Å². The number of hydrogen-bond acceptors (Lipinski definition) is 2. The van der Waals surface area contributed by atoms with Gasteiger partial charge >= 0.3 is 18.2 Å². The van der Waals surface area contributed by atoms with E-state index >= 15 is 0 Å². The first-order chi connectivity index (χ1) is 8.62. The summed E-state index contributed by atoms with van der Waals surface area (Å²) in [7, 11) is 0. The predicted octanol–water partition coefficient (Wildman–Crippen LogP) is 2.08. The molecule has 0 aliphatic heterocycles. The fourth-order valence-corrected chi connectivity index (χ4v) is 1.45. The summed E-state index contributed by atoms with van der Waals surface area (Å²) in [5.74, 6) is -1.63. The zero-order valence-electron chi connectivity index (χ0n) is 11.1. The number of carbonyl (C=O) groups is 2. The van der Waals surface area contributed by atoms with Gasteiger partial charge in [0.2, 0.25) is 0 Å². The topological polar surface area (TPSA) is 69.6 Å². The fraction of sp³-hybridized carbons (Fsp3) is 0.818. The monoisotopic (exact) mass is 284 g/mol. The molecule has 0 saturated carbocycles. The Kier molecular flexibility index (Phi) is 6.64. The van der Waals surface area contributed by atoms with Gasteiger partial charge in [0.05, 0.1) is 0 Å². The van der Waals surface area contributed by atoms with Crippen molar-refractivity contribution in [2.45, 2.75) is 39.4 Å². The molecule has 0 aromatic carbocycles. The molecule has 0 fully saturated rings. The van der Waals surface area contributed by atoms with Crippen molar-refractivity contribution in [2.75, 3.05) is 13.1 Å². The van der Waals surface area contributed by atoms with Gasteiger partial charge in [-0.2, -0.15) is 13.2 Å². The zero-order chi connectivity index (χ0) is 15.2. The quantitative estimate of drug-likeness (QED) is 0.784. The van der Waals surface area contributed by atoms with Crippen LogP contribution in [-0.4, -0.2) is 47.3 Å². The Hall–Kier alpha value is -1.47. The van der Waals surface area contributed by atoms with Crippen molar-refractivity contribution in [1.82, 2.24) is 10.2 Å². The van der Waals surface area contributed by atoms with Gasteiger partial charge in [0, 0.05) is 6.54 Å². The molecule has 0 rings (SSSR count). The molecule has 112 valence electrons. The van der Waals surface area contributed by atoms with Crippen molar-refractivity contribution in [3.8, 4) is 0 Å². The van der Waals surface area contributed by atoms with Crippen molar-refractivity contribution in [2.24, 2.45) is 5.92 Å². The number of carbonyl (C=O) groups excluding carboxylic acids is 1. The molecule has 2 N–H and O–H groups in total. The minimum absolute atomic E-state index is 0.155. The molecule has 0 spiro atoms. The molecule has 19 heavy (non-hydrogen) atoms. The number of carboxylic acids is 1. The van der Waals surface area contributed by atoms with Gasteiger partial charge in [-0.15, -0.1) is 0 Å². The van der Waals surface area contributed by atoms with Crippen LogP contribution in [0.25, 0.3) is 0 Å². The first kappa shape index (κ1) is 17.5. The van der Waals surface area contributed by atoms with Crippen LogP contribution in [-0.2, 0) is 4.79 Å². The van der Waals surface area contributed by atoms with Crippen molar-refractivity contribution in [1.29, 1.82) is 0 Å². The van der Waals surface area contributed by atoms with E-state index in [-0.39, 0.29) is 12.5 Å². The Morgan fingerprint density at radius 3 is 2.16 bits per heavy atom. The van der Waals surface area contributed by atoms with Crippen LogP contribution in [0.3, 0.4) is 0 Å². The standard InChI is InChI=1S/C11H19F3N2O3/c1-4-7(3)8(9(17)18)15-10(19)16(5-2)6-11(12,13)14/h7-8H,4-6H2,1-3H3,(H,15,19)(H,17,18)/t7?,8-/m0/s1. The summed E-state index contributed by atoms with van der Waals surface area (Å²) >= 11 is 0. The molecule has 0 radical (unpaired) electrons. The maximum Gasteiger partial charge on any atom is 0.406 e. The highest BCUT2D eigenvalue weighted by atomic mass is 19.4. The summed E-state index contributed by atoms with van der Waals surface area (Å²) in [4.78, 5) is 23.1. The molecule has 0 aliphatic carbocycles. The maximum absolute atomic E-state index is 12.2. The highest BCUT2D eigenvalue weighted by molar-refractivity contribution is 5.82. The Bertz CT molecular complexity index is 321. The van der Waals surface area contributed by atoms with Crippen LogP contribution in [0.2, 0.25) is 0 Å². The number of nitrogens with one attached hydrogen (secondary N) is 1. The largest absolute Gasteiger partial charge is 0.480 e. The minimum Gasteiger partial charge on any atom is -0.480 e. The lowest BCUT2D eigenvalue weighted by molar-refractivity contribution is -0.141. The van der Waals surface area contributed by atoms with E-state index in [1.54, 1.807) is 13.8 Å². The SMILES string of the molecule is CCC(C)[C@H](NC(=O)N(CC)CC(F)(F)F)C(=O)O. The second kappa shape index (κ2) is 7.20. The van der Waals surface area contributed by atoms with E-state index in [9.17, 15) is 22.8 Å². The summed E-state index contributed by atoms with van der Waals surface area (Å²) < 4.78 is 36.7.